The third kappa shape index (κ3) is 3.68. The van der Waals surface area contributed by atoms with Gasteiger partial charge in [0.1, 0.15) is 5.00 Å². The average molecular weight is 428 g/mol. The van der Waals surface area contributed by atoms with Crippen LogP contribution in [0.5, 0.6) is 0 Å². The van der Waals surface area contributed by atoms with Gasteiger partial charge in [-0.3, -0.25) is 9.32 Å². The van der Waals surface area contributed by atoms with Crippen LogP contribution in [0.3, 0.4) is 0 Å². The van der Waals surface area contributed by atoms with E-state index in [0.29, 0.717) is 16.5 Å². The number of carbonyl (C=O) groups is 2. The minimum Gasteiger partial charge on any atom is -0.462 e. The molecule has 4 rings (SSSR count). The van der Waals surface area contributed by atoms with Gasteiger partial charge in [-0.1, -0.05) is 35.0 Å². The predicted octanol–water partition coefficient (Wildman–Crippen LogP) is 2.56. The van der Waals surface area contributed by atoms with Crippen LogP contribution < -0.4 is 15.6 Å². The Morgan fingerprint density at radius 1 is 1.33 bits per heavy atom. The number of fused-ring (bicyclic) bond motifs is 1. The average Bonchev–Trinajstić information content (AvgIpc) is 3.27. The fraction of sp³-hybridized carbons (Fsp3) is 0.333. The van der Waals surface area contributed by atoms with Crippen LogP contribution in [0.1, 0.15) is 56.1 Å². The van der Waals surface area contributed by atoms with Crippen LogP contribution in [-0.4, -0.2) is 23.8 Å². The van der Waals surface area contributed by atoms with Gasteiger partial charge in [0.25, 0.3) is 0 Å². The number of thiophene rings is 1. The monoisotopic (exact) mass is 428 g/mol. The summed E-state index contributed by atoms with van der Waals surface area (Å²) < 4.78 is 11.1. The lowest BCUT2D eigenvalue weighted by molar-refractivity contribution is -0.741. The van der Waals surface area contributed by atoms with Crippen LogP contribution in [0.4, 0.5) is 5.00 Å². The highest BCUT2D eigenvalue weighted by atomic mass is 32.1. The summed E-state index contributed by atoms with van der Waals surface area (Å²) in [6.45, 7) is 1.98. The lowest BCUT2D eigenvalue weighted by Gasteiger charge is -2.23. The summed E-state index contributed by atoms with van der Waals surface area (Å²) in [5, 5.41) is 5.44. The van der Waals surface area contributed by atoms with Gasteiger partial charge in [0.15, 0.2) is 7.05 Å². The summed E-state index contributed by atoms with van der Waals surface area (Å²) in [6, 6.07) is 10.3. The number of benzene rings is 1. The lowest BCUT2D eigenvalue weighted by Crippen LogP contribution is -2.41. The first-order valence-corrected chi connectivity index (χ1v) is 10.6. The molecule has 0 saturated heterocycles. The van der Waals surface area contributed by atoms with Crippen LogP contribution in [0.15, 0.2) is 39.6 Å². The number of rotatable bonds is 5. The molecule has 3 aromatic rings. The molecule has 0 aliphatic heterocycles. The molecule has 1 aliphatic rings. The Balaban J connectivity index is 1.69. The number of anilines is 1. The molecule has 1 aliphatic carbocycles. The smallest absolute Gasteiger partial charge is 0.440 e. The molecular weight excluding hydrogens is 406 g/mol. The van der Waals surface area contributed by atoms with Crippen LogP contribution >= 0.6 is 11.3 Å². The molecule has 1 aromatic carbocycles. The summed E-state index contributed by atoms with van der Waals surface area (Å²) in [6.07, 6.45) is 2.41. The molecule has 1 amide bonds. The number of hydrogen-bond acceptors (Lipinski definition) is 6. The second kappa shape index (κ2) is 8.27. The van der Waals surface area contributed by atoms with E-state index >= 15 is 0 Å². The van der Waals surface area contributed by atoms with Crippen molar-refractivity contribution < 1.29 is 23.5 Å². The maximum absolute atomic E-state index is 12.7. The van der Waals surface area contributed by atoms with Crippen molar-refractivity contribution in [3.05, 3.63) is 68.0 Å². The van der Waals surface area contributed by atoms with E-state index in [0.717, 1.165) is 29.7 Å². The summed E-state index contributed by atoms with van der Waals surface area (Å²) in [5.74, 6) is -0.754. The second-order valence-corrected chi connectivity index (χ2v) is 8.23. The maximum atomic E-state index is 12.7. The van der Waals surface area contributed by atoms with Crippen molar-refractivity contribution in [3.63, 3.8) is 0 Å². The zero-order valence-electron chi connectivity index (χ0n) is 16.7. The zero-order chi connectivity index (χ0) is 21.3. The third-order valence-electron chi connectivity index (χ3n) is 5.26. The minimum atomic E-state index is -0.779. The summed E-state index contributed by atoms with van der Waals surface area (Å²) in [4.78, 5) is 38.3. The van der Waals surface area contributed by atoms with E-state index in [4.69, 9.17) is 4.74 Å². The highest BCUT2D eigenvalue weighted by Crippen LogP contribution is 2.42. The molecule has 0 spiro atoms. The van der Waals surface area contributed by atoms with E-state index in [1.54, 1.807) is 6.92 Å². The standard InChI is InChI=1S/C21H21N3O5S/c1-3-28-20(26)16-14-10-9-13(12-7-5-4-6-8-12)11-15(14)30-19(16)22-18(25)17-21(27)29-23-24(17)2/h4-8,13H,3,9-11H2,1-2H3,(H-,22,23,25,26,27)/p+1. The van der Waals surface area contributed by atoms with Crippen molar-refractivity contribution >= 4 is 28.2 Å². The summed E-state index contributed by atoms with van der Waals surface area (Å²) in [7, 11) is 1.50. The fourth-order valence-electron chi connectivity index (χ4n) is 3.85. The van der Waals surface area contributed by atoms with Gasteiger partial charge in [-0.25, -0.2) is 9.59 Å². The van der Waals surface area contributed by atoms with Crippen molar-refractivity contribution in [1.82, 2.24) is 5.27 Å². The second-order valence-electron chi connectivity index (χ2n) is 7.12. The lowest BCUT2D eigenvalue weighted by atomic mass is 9.83. The predicted molar refractivity (Wildman–Crippen MR) is 110 cm³/mol. The Morgan fingerprint density at radius 2 is 2.10 bits per heavy atom. The molecule has 0 fully saturated rings. The number of ether oxygens (including phenoxy) is 1. The number of aromatic amines is 1. The number of esters is 1. The molecule has 8 nitrogen and oxygen atoms in total. The molecule has 0 radical (unpaired) electrons. The fourth-order valence-corrected chi connectivity index (χ4v) is 5.16. The highest BCUT2D eigenvalue weighted by molar-refractivity contribution is 7.17. The number of hydrogen-bond donors (Lipinski definition) is 2. The Morgan fingerprint density at radius 3 is 2.77 bits per heavy atom. The number of aryl methyl sites for hydroxylation is 1. The van der Waals surface area contributed by atoms with E-state index in [9.17, 15) is 14.4 Å². The van der Waals surface area contributed by atoms with Crippen molar-refractivity contribution in [2.75, 3.05) is 11.9 Å². The minimum absolute atomic E-state index is 0.182. The van der Waals surface area contributed by atoms with E-state index in [2.05, 4.69) is 27.2 Å². The SMILES string of the molecule is CCOC(=O)c1c(NC(=O)c2c(=O)o[nH][n+]2C)sc2c1CCC(c1ccccc1)C2. The summed E-state index contributed by atoms with van der Waals surface area (Å²) in [5.41, 5.74) is 1.61. The first kappa shape index (κ1) is 20.1. The van der Waals surface area contributed by atoms with Gasteiger partial charge < -0.3 is 10.1 Å². The zero-order valence-corrected chi connectivity index (χ0v) is 17.5. The van der Waals surface area contributed by atoms with E-state index in [1.807, 2.05) is 18.2 Å². The molecule has 9 heteroatoms. The maximum Gasteiger partial charge on any atom is 0.440 e. The molecule has 2 heterocycles. The largest absolute Gasteiger partial charge is 0.462 e. The van der Waals surface area contributed by atoms with Crippen LogP contribution in [0.25, 0.3) is 0 Å². The quantitative estimate of drug-likeness (QED) is 0.480. The third-order valence-corrected chi connectivity index (χ3v) is 6.43. The van der Waals surface area contributed by atoms with Crippen molar-refractivity contribution in [2.24, 2.45) is 7.05 Å². The number of carbonyl (C=O) groups excluding carboxylic acids is 2. The van der Waals surface area contributed by atoms with Gasteiger partial charge in [0.2, 0.25) is 0 Å². The number of aromatic nitrogens is 2. The van der Waals surface area contributed by atoms with Crippen LogP contribution in [0.2, 0.25) is 0 Å². The molecule has 2 aromatic heterocycles. The van der Waals surface area contributed by atoms with Gasteiger partial charge in [-0.05, 0) is 48.5 Å². The van der Waals surface area contributed by atoms with Crippen molar-refractivity contribution in [1.29, 1.82) is 0 Å². The van der Waals surface area contributed by atoms with Gasteiger partial charge in [0.05, 0.1) is 12.2 Å². The number of nitrogens with zero attached hydrogens (tertiary/aromatic N) is 1. The van der Waals surface area contributed by atoms with Crippen molar-refractivity contribution in [3.8, 4) is 0 Å². The molecule has 0 bridgehead atoms. The Bertz CT molecular complexity index is 1150. The number of nitrogens with one attached hydrogen (secondary N) is 2. The molecule has 30 heavy (non-hydrogen) atoms. The first-order valence-electron chi connectivity index (χ1n) is 9.75. The van der Waals surface area contributed by atoms with Gasteiger partial charge in [-0.2, -0.15) is 0 Å². The topological polar surface area (TPSA) is 105 Å². The van der Waals surface area contributed by atoms with Crippen LogP contribution in [0, 0.1) is 0 Å². The molecule has 1 atom stereocenters. The normalized spacial score (nSPS) is 15.5. The molecule has 0 saturated carbocycles. The van der Waals surface area contributed by atoms with E-state index in [-0.39, 0.29) is 12.3 Å². The van der Waals surface area contributed by atoms with E-state index in [1.165, 1.54) is 28.6 Å². The molecular formula is C21H22N3O5S+. The Hall–Kier alpha value is -3.20. The molecule has 2 N–H and O–H groups in total. The van der Waals surface area contributed by atoms with Gasteiger partial charge in [-0.15, -0.1) is 11.3 Å². The van der Waals surface area contributed by atoms with Gasteiger partial charge >= 0.3 is 23.2 Å². The molecule has 1 unspecified atom stereocenters. The Labute approximate surface area is 176 Å². The van der Waals surface area contributed by atoms with E-state index < -0.39 is 17.5 Å². The summed E-state index contributed by atoms with van der Waals surface area (Å²) >= 11 is 1.37. The van der Waals surface area contributed by atoms with Crippen molar-refractivity contribution in [2.45, 2.75) is 32.1 Å². The molecule has 156 valence electrons. The highest BCUT2D eigenvalue weighted by Gasteiger charge is 2.33. The number of H-pyrrole nitrogens is 1. The Kier molecular flexibility index (Phi) is 5.54. The van der Waals surface area contributed by atoms with Gasteiger partial charge in [0, 0.05) is 4.88 Å². The number of amides is 1. The van der Waals surface area contributed by atoms with Crippen LogP contribution in [-0.2, 0) is 24.6 Å². The first-order chi connectivity index (χ1) is 14.5.